The molecule has 0 unspecified atom stereocenters. The first-order valence-corrected chi connectivity index (χ1v) is 6.65. The average Bonchev–Trinajstić information content (AvgIpc) is 2.44. The molecule has 0 bridgehead atoms. The van der Waals surface area contributed by atoms with Crippen molar-refractivity contribution in [2.75, 3.05) is 10.6 Å². The highest BCUT2D eigenvalue weighted by Gasteiger charge is 2.08. The molecular formula is C14H11Cl2N3O2. The molecule has 0 radical (unpaired) electrons. The Balaban J connectivity index is 2.04. The fourth-order valence-corrected chi connectivity index (χ4v) is 1.95. The van der Waals surface area contributed by atoms with Crippen LogP contribution in [0.1, 0.15) is 10.4 Å². The molecule has 0 saturated carbocycles. The monoisotopic (exact) mass is 323 g/mol. The highest BCUT2D eigenvalue weighted by atomic mass is 35.5. The lowest BCUT2D eigenvalue weighted by Gasteiger charge is -2.10. The van der Waals surface area contributed by atoms with Gasteiger partial charge in [0.15, 0.2) is 0 Å². The molecule has 0 saturated heterocycles. The van der Waals surface area contributed by atoms with Crippen LogP contribution in [0, 0.1) is 0 Å². The van der Waals surface area contributed by atoms with Crippen LogP contribution < -0.4 is 16.4 Å². The van der Waals surface area contributed by atoms with Gasteiger partial charge in [0.2, 0.25) is 5.91 Å². The minimum atomic E-state index is -0.531. The van der Waals surface area contributed by atoms with E-state index in [0.29, 0.717) is 22.0 Å². The number of benzene rings is 2. The van der Waals surface area contributed by atoms with Crippen molar-refractivity contribution in [3.63, 3.8) is 0 Å². The van der Waals surface area contributed by atoms with Crippen LogP contribution in [0.3, 0.4) is 0 Å². The summed E-state index contributed by atoms with van der Waals surface area (Å²) in [6.45, 7) is 0. The number of carbonyl (C=O) groups is 2. The van der Waals surface area contributed by atoms with E-state index in [1.807, 2.05) is 0 Å². The van der Waals surface area contributed by atoms with Crippen LogP contribution >= 0.6 is 23.2 Å². The second-order valence-electron chi connectivity index (χ2n) is 4.12. The van der Waals surface area contributed by atoms with E-state index in [1.54, 1.807) is 30.3 Å². The molecular weight excluding hydrogens is 313 g/mol. The molecule has 0 aliphatic heterocycles. The Hall–Kier alpha value is -2.24. The van der Waals surface area contributed by atoms with Gasteiger partial charge in [-0.15, -0.1) is 0 Å². The van der Waals surface area contributed by atoms with Gasteiger partial charge < -0.3 is 16.4 Å². The number of nitrogens with one attached hydrogen (secondary N) is 2. The first-order valence-electron chi connectivity index (χ1n) is 5.89. The number of halogens is 2. The summed E-state index contributed by atoms with van der Waals surface area (Å²) in [5.74, 6) is -0.531. The number of amides is 3. The quantitative estimate of drug-likeness (QED) is 0.803. The Morgan fingerprint density at radius 1 is 0.952 bits per heavy atom. The zero-order valence-corrected chi connectivity index (χ0v) is 12.2. The maximum atomic E-state index is 11.8. The normalized spacial score (nSPS) is 10.0. The molecule has 108 valence electrons. The number of rotatable bonds is 3. The van der Waals surface area contributed by atoms with E-state index in [2.05, 4.69) is 10.6 Å². The molecule has 0 heterocycles. The Bertz CT molecular complexity index is 687. The molecule has 0 spiro atoms. The van der Waals surface area contributed by atoms with Crippen LogP contribution in [0.5, 0.6) is 0 Å². The van der Waals surface area contributed by atoms with Gasteiger partial charge in [0.25, 0.3) is 0 Å². The molecule has 21 heavy (non-hydrogen) atoms. The molecule has 5 nitrogen and oxygen atoms in total. The smallest absolute Gasteiger partial charge is 0.323 e. The molecule has 2 aromatic rings. The minimum absolute atomic E-state index is 0.262. The molecule has 2 rings (SSSR count). The number of primary amides is 1. The Kier molecular flexibility index (Phi) is 4.67. The van der Waals surface area contributed by atoms with Gasteiger partial charge >= 0.3 is 6.03 Å². The molecule has 7 heteroatoms. The van der Waals surface area contributed by atoms with E-state index >= 15 is 0 Å². The Morgan fingerprint density at radius 2 is 1.62 bits per heavy atom. The summed E-state index contributed by atoms with van der Waals surface area (Å²) >= 11 is 11.8. The summed E-state index contributed by atoms with van der Waals surface area (Å²) in [6, 6.07) is 10.6. The molecule has 2 aromatic carbocycles. The fraction of sp³-hybridized carbons (Fsp3) is 0. The number of hydrogen-bond acceptors (Lipinski definition) is 2. The number of anilines is 2. The van der Waals surface area contributed by atoms with E-state index in [4.69, 9.17) is 28.9 Å². The summed E-state index contributed by atoms with van der Waals surface area (Å²) < 4.78 is 0. The van der Waals surface area contributed by atoms with Gasteiger partial charge in [-0.05, 0) is 36.4 Å². The predicted molar refractivity (Wildman–Crippen MR) is 84.1 cm³/mol. The minimum Gasteiger partial charge on any atom is -0.366 e. The third kappa shape index (κ3) is 3.87. The van der Waals surface area contributed by atoms with Gasteiger partial charge in [-0.3, -0.25) is 4.79 Å². The van der Waals surface area contributed by atoms with Crippen molar-refractivity contribution in [3.05, 3.63) is 58.1 Å². The van der Waals surface area contributed by atoms with E-state index in [9.17, 15) is 9.59 Å². The zero-order chi connectivity index (χ0) is 15.4. The van der Waals surface area contributed by atoms with Gasteiger partial charge in [-0.1, -0.05) is 29.3 Å². The van der Waals surface area contributed by atoms with Crippen LogP contribution in [0.15, 0.2) is 42.5 Å². The Labute approximate surface area is 131 Å². The number of nitrogens with two attached hydrogens (primary N) is 1. The third-order valence-electron chi connectivity index (χ3n) is 2.63. The van der Waals surface area contributed by atoms with Crippen LogP contribution in [0.25, 0.3) is 0 Å². The summed E-state index contributed by atoms with van der Waals surface area (Å²) in [6.07, 6.45) is 0. The van der Waals surface area contributed by atoms with Crippen LogP contribution in [-0.4, -0.2) is 11.9 Å². The van der Waals surface area contributed by atoms with E-state index in [-0.39, 0.29) is 5.02 Å². The average molecular weight is 324 g/mol. The summed E-state index contributed by atoms with van der Waals surface area (Å²) in [5, 5.41) is 5.79. The van der Waals surface area contributed by atoms with Gasteiger partial charge in [-0.2, -0.15) is 0 Å². The maximum Gasteiger partial charge on any atom is 0.323 e. The van der Waals surface area contributed by atoms with Crippen molar-refractivity contribution in [2.24, 2.45) is 5.73 Å². The van der Waals surface area contributed by atoms with Gasteiger partial charge in [0, 0.05) is 11.3 Å². The van der Waals surface area contributed by atoms with E-state index < -0.39 is 11.9 Å². The Morgan fingerprint density at radius 3 is 2.24 bits per heavy atom. The molecule has 0 aromatic heterocycles. The highest BCUT2D eigenvalue weighted by Crippen LogP contribution is 2.29. The van der Waals surface area contributed by atoms with Gasteiger partial charge in [0.05, 0.1) is 15.7 Å². The van der Waals surface area contributed by atoms with Gasteiger partial charge in [-0.25, -0.2) is 4.79 Å². The van der Waals surface area contributed by atoms with Crippen molar-refractivity contribution >= 4 is 46.5 Å². The molecule has 0 aliphatic carbocycles. The third-order valence-corrected chi connectivity index (χ3v) is 3.45. The van der Waals surface area contributed by atoms with Crippen LogP contribution in [-0.2, 0) is 0 Å². The maximum absolute atomic E-state index is 11.8. The molecule has 0 fully saturated rings. The first-order chi connectivity index (χ1) is 9.97. The second-order valence-corrected chi connectivity index (χ2v) is 4.91. The van der Waals surface area contributed by atoms with E-state index in [1.165, 1.54) is 12.1 Å². The summed E-state index contributed by atoms with van der Waals surface area (Å²) in [5.41, 5.74) is 6.40. The summed E-state index contributed by atoms with van der Waals surface area (Å²) in [7, 11) is 0. The number of carbonyl (C=O) groups excluding carboxylic acids is 2. The molecule has 0 aliphatic rings. The zero-order valence-electron chi connectivity index (χ0n) is 10.7. The van der Waals surface area contributed by atoms with Crippen molar-refractivity contribution in [2.45, 2.75) is 0 Å². The molecule has 3 amide bonds. The second kappa shape index (κ2) is 6.47. The topological polar surface area (TPSA) is 84.2 Å². The molecule has 4 N–H and O–H groups in total. The van der Waals surface area contributed by atoms with Gasteiger partial charge in [0.1, 0.15) is 0 Å². The van der Waals surface area contributed by atoms with Crippen LogP contribution in [0.2, 0.25) is 10.0 Å². The fourth-order valence-electron chi connectivity index (χ4n) is 1.60. The summed E-state index contributed by atoms with van der Waals surface area (Å²) in [4.78, 5) is 22.8. The predicted octanol–water partition coefficient (Wildman–Crippen LogP) is 3.74. The van der Waals surface area contributed by atoms with Crippen LogP contribution in [0.4, 0.5) is 16.2 Å². The first kappa shape index (κ1) is 15.2. The van der Waals surface area contributed by atoms with Crippen molar-refractivity contribution < 1.29 is 9.59 Å². The molecule has 0 atom stereocenters. The van der Waals surface area contributed by atoms with E-state index in [0.717, 1.165) is 0 Å². The lowest BCUT2D eigenvalue weighted by Crippen LogP contribution is -2.19. The SMILES string of the molecule is NC(=O)c1ccc(NC(=O)Nc2cccc(Cl)c2Cl)cc1. The van der Waals surface area contributed by atoms with Crippen molar-refractivity contribution in [1.29, 1.82) is 0 Å². The standard InChI is InChI=1S/C14H11Cl2N3O2/c15-10-2-1-3-11(12(10)16)19-14(21)18-9-6-4-8(5-7-9)13(17)20/h1-7H,(H2,17,20)(H2,18,19,21). The highest BCUT2D eigenvalue weighted by molar-refractivity contribution is 6.44. The lowest BCUT2D eigenvalue weighted by molar-refractivity contribution is 0.100. The number of hydrogen-bond donors (Lipinski definition) is 3. The lowest BCUT2D eigenvalue weighted by atomic mass is 10.2. The van der Waals surface area contributed by atoms with Crippen molar-refractivity contribution in [3.8, 4) is 0 Å². The number of urea groups is 1. The van der Waals surface area contributed by atoms with Crippen molar-refractivity contribution in [1.82, 2.24) is 0 Å². The largest absolute Gasteiger partial charge is 0.366 e.